The fourth-order valence-corrected chi connectivity index (χ4v) is 2.41. The quantitative estimate of drug-likeness (QED) is 0.895. The summed E-state index contributed by atoms with van der Waals surface area (Å²) in [6.45, 7) is 0.522. The molecular weight excluding hydrogens is 271 g/mol. The van der Waals surface area contributed by atoms with Gasteiger partial charge in [-0.15, -0.1) is 13.2 Å². The van der Waals surface area contributed by atoms with Gasteiger partial charge in [0, 0.05) is 12.6 Å². The van der Waals surface area contributed by atoms with Crippen LogP contribution in [0, 0.1) is 0 Å². The molecular formula is C14H18F3NO2. The first-order valence-electron chi connectivity index (χ1n) is 6.70. The van der Waals surface area contributed by atoms with Crippen LogP contribution in [0.1, 0.15) is 31.2 Å². The van der Waals surface area contributed by atoms with Crippen molar-refractivity contribution in [3.8, 4) is 5.75 Å². The maximum Gasteiger partial charge on any atom is 0.573 e. The fourth-order valence-electron chi connectivity index (χ4n) is 2.41. The highest BCUT2D eigenvalue weighted by atomic mass is 19.4. The van der Waals surface area contributed by atoms with Gasteiger partial charge >= 0.3 is 6.36 Å². The van der Waals surface area contributed by atoms with Gasteiger partial charge in [-0.25, -0.2) is 0 Å². The lowest BCUT2D eigenvalue weighted by Gasteiger charge is -2.28. The maximum atomic E-state index is 12.0. The van der Waals surface area contributed by atoms with Crippen LogP contribution in [0.15, 0.2) is 24.3 Å². The first-order valence-corrected chi connectivity index (χ1v) is 6.70. The molecule has 1 aliphatic carbocycles. The molecule has 2 atom stereocenters. The Balaban J connectivity index is 1.84. The molecule has 112 valence electrons. The summed E-state index contributed by atoms with van der Waals surface area (Å²) in [5.74, 6) is -0.223. The highest BCUT2D eigenvalue weighted by Crippen LogP contribution is 2.23. The number of rotatable bonds is 4. The van der Waals surface area contributed by atoms with E-state index < -0.39 is 6.36 Å². The second-order valence-electron chi connectivity index (χ2n) is 5.03. The Morgan fingerprint density at radius 3 is 2.40 bits per heavy atom. The average molecular weight is 289 g/mol. The third-order valence-corrected chi connectivity index (χ3v) is 3.45. The van der Waals surface area contributed by atoms with E-state index in [0.717, 1.165) is 31.2 Å². The molecule has 20 heavy (non-hydrogen) atoms. The number of ether oxygens (including phenoxy) is 1. The molecule has 0 radical (unpaired) electrons. The van der Waals surface area contributed by atoms with Crippen LogP contribution >= 0.6 is 0 Å². The number of aliphatic hydroxyl groups excluding tert-OH is 1. The Morgan fingerprint density at radius 1 is 1.15 bits per heavy atom. The van der Waals surface area contributed by atoms with Gasteiger partial charge in [-0.1, -0.05) is 25.0 Å². The van der Waals surface area contributed by atoms with E-state index in [9.17, 15) is 18.3 Å². The minimum absolute atomic E-state index is 0.0647. The highest BCUT2D eigenvalue weighted by Gasteiger charge is 2.31. The Kier molecular flexibility index (Phi) is 4.88. The molecule has 6 heteroatoms. The zero-order valence-corrected chi connectivity index (χ0v) is 11.0. The van der Waals surface area contributed by atoms with E-state index in [1.807, 2.05) is 0 Å². The number of aliphatic hydroxyl groups is 1. The second-order valence-corrected chi connectivity index (χ2v) is 5.03. The summed E-state index contributed by atoms with van der Waals surface area (Å²) in [7, 11) is 0. The smallest absolute Gasteiger partial charge is 0.406 e. The summed E-state index contributed by atoms with van der Waals surface area (Å²) >= 11 is 0. The van der Waals surface area contributed by atoms with Gasteiger partial charge in [-0.05, 0) is 30.5 Å². The van der Waals surface area contributed by atoms with Crippen molar-refractivity contribution in [2.24, 2.45) is 0 Å². The Bertz CT molecular complexity index is 419. The molecule has 0 saturated heterocycles. The van der Waals surface area contributed by atoms with Gasteiger partial charge in [-0.2, -0.15) is 0 Å². The predicted molar refractivity (Wildman–Crippen MR) is 68.2 cm³/mol. The molecule has 0 heterocycles. The predicted octanol–water partition coefficient (Wildman–Crippen LogP) is 2.98. The molecule has 0 unspecified atom stereocenters. The monoisotopic (exact) mass is 289 g/mol. The van der Waals surface area contributed by atoms with Gasteiger partial charge in [0.25, 0.3) is 0 Å². The van der Waals surface area contributed by atoms with Crippen molar-refractivity contribution in [2.45, 2.75) is 50.7 Å². The molecule has 1 fully saturated rings. The van der Waals surface area contributed by atoms with Gasteiger partial charge in [0.15, 0.2) is 0 Å². The van der Waals surface area contributed by atoms with Crippen LogP contribution in [0.25, 0.3) is 0 Å². The topological polar surface area (TPSA) is 41.5 Å². The Labute approximate surface area is 115 Å². The molecule has 2 N–H and O–H groups in total. The van der Waals surface area contributed by atoms with Gasteiger partial charge < -0.3 is 15.2 Å². The molecule has 2 rings (SSSR count). The van der Waals surface area contributed by atoms with E-state index >= 15 is 0 Å². The van der Waals surface area contributed by atoms with E-state index in [2.05, 4.69) is 10.1 Å². The molecule has 1 aliphatic rings. The molecule has 0 aliphatic heterocycles. The average Bonchev–Trinajstić information content (AvgIpc) is 2.38. The van der Waals surface area contributed by atoms with Crippen molar-refractivity contribution in [1.82, 2.24) is 5.32 Å². The molecule has 1 aromatic rings. The van der Waals surface area contributed by atoms with E-state index in [-0.39, 0.29) is 17.9 Å². The molecule has 1 saturated carbocycles. The van der Waals surface area contributed by atoms with Crippen molar-refractivity contribution >= 4 is 0 Å². The van der Waals surface area contributed by atoms with Crippen LogP contribution in [0.3, 0.4) is 0 Å². The second kappa shape index (κ2) is 6.45. The third-order valence-electron chi connectivity index (χ3n) is 3.45. The largest absolute Gasteiger partial charge is 0.573 e. The summed E-state index contributed by atoms with van der Waals surface area (Å²) < 4.78 is 39.8. The molecule has 1 aromatic carbocycles. The molecule has 0 amide bonds. The van der Waals surface area contributed by atoms with Crippen LogP contribution in [0.2, 0.25) is 0 Å². The zero-order chi connectivity index (χ0) is 14.6. The van der Waals surface area contributed by atoms with E-state index in [1.165, 1.54) is 12.1 Å². The van der Waals surface area contributed by atoms with Crippen LogP contribution in [0.4, 0.5) is 13.2 Å². The number of hydrogen-bond acceptors (Lipinski definition) is 3. The lowest BCUT2D eigenvalue weighted by molar-refractivity contribution is -0.274. The van der Waals surface area contributed by atoms with Gasteiger partial charge in [0.1, 0.15) is 5.75 Å². The van der Waals surface area contributed by atoms with Crippen molar-refractivity contribution in [3.63, 3.8) is 0 Å². The summed E-state index contributed by atoms with van der Waals surface area (Å²) in [6, 6.07) is 5.82. The van der Waals surface area contributed by atoms with E-state index in [1.54, 1.807) is 12.1 Å². The maximum absolute atomic E-state index is 12.0. The van der Waals surface area contributed by atoms with Crippen LogP contribution in [-0.2, 0) is 6.54 Å². The first kappa shape index (κ1) is 15.1. The number of nitrogens with one attached hydrogen (secondary N) is 1. The van der Waals surface area contributed by atoms with E-state index in [4.69, 9.17) is 0 Å². The molecule has 0 aromatic heterocycles. The fraction of sp³-hybridized carbons (Fsp3) is 0.571. The van der Waals surface area contributed by atoms with Crippen molar-refractivity contribution in [1.29, 1.82) is 0 Å². The standard InChI is InChI=1S/C14H18F3NO2/c15-14(16,17)20-11-7-5-10(6-8-11)9-18-12-3-1-2-4-13(12)19/h5-8,12-13,18-19H,1-4,9H2/t12-,13-/m0/s1. The minimum atomic E-state index is -4.66. The Morgan fingerprint density at radius 2 is 1.80 bits per heavy atom. The normalized spacial score (nSPS) is 23.6. The summed E-state index contributed by atoms with van der Waals surface area (Å²) in [6.07, 6.45) is -1.13. The summed E-state index contributed by atoms with van der Waals surface area (Å²) in [5, 5.41) is 13.1. The van der Waals surface area contributed by atoms with Crippen molar-refractivity contribution in [2.75, 3.05) is 0 Å². The van der Waals surface area contributed by atoms with Gasteiger partial charge in [0.05, 0.1) is 6.10 Å². The zero-order valence-electron chi connectivity index (χ0n) is 11.0. The number of hydrogen-bond donors (Lipinski definition) is 2. The Hall–Kier alpha value is -1.27. The van der Waals surface area contributed by atoms with Crippen molar-refractivity contribution < 1.29 is 23.0 Å². The molecule has 0 spiro atoms. The van der Waals surface area contributed by atoms with Crippen LogP contribution < -0.4 is 10.1 Å². The lowest BCUT2D eigenvalue weighted by Crippen LogP contribution is -2.41. The first-order chi connectivity index (χ1) is 9.44. The number of benzene rings is 1. The van der Waals surface area contributed by atoms with E-state index in [0.29, 0.717) is 6.54 Å². The minimum Gasteiger partial charge on any atom is -0.406 e. The lowest BCUT2D eigenvalue weighted by atomic mass is 9.92. The number of alkyl halides is 3. The summed E-state index contributed by atoms with van der Waals surface area (Å²) in [4.78, 5) is 0. The SMILES string of the molecule is O[C@H]1CCCC[C@@H]1NCc1ccc(OC(F)(F)F)cc1. The van der Waals surface area contributed by atoms with Gasteiger partial charge in [-0.3, -0.25) is 0 Å². The van der Waals surface area contributed by atoms with Crippen molar-refractivity contribution in [3.05, 3.63) is 29.8 Å². The number of halogens is 3. The highest BCUT2D eigenvalue weighted by molar-refractivity contribution is 5.27. The molecule has 0 bridgehead atoms. The van der Waals surface area contributed by atoms with Gasteiger partial charge in [0.2, 0.25) is 0 Å². The third kappa shape index (κ3) is 4.68. The molecule has 3 nitrogen and oxygen atoms in total. The summed E-state index contributed by atoms with van der Waals surface area (Å²) in [5.41, 5.74) is 0.859. The van der Waals surface area contributed by atoms with Crippen LogP contribution in [0.5, 0.6) is 5.75 Å². The van der Waals surface area contributed by atoms with Crippen LogP contribution in [-0.4, -0.2) is 23.6 Å².